The minimum absolute atomic E-state index is 0.107. The number of unbranched alkanes of at least 4 members (excludes halogenated alkanes) is 11. The first-order chi connectivity index (χ1) is 19.5. The number of thiazole rings is 1. The van der Waals surface area contributed by atoms with Crippen LogP contribution in [0.3, 0.4) is 0 Å². The Balaban J connectivity index is 1.46. The van der Waals surface area contributed by atoms with E-state index in [1.165, 1.54) is 76.8 Å². The normalized spacial score (nSPS) is 11.0. The van der Waals surface area contributed by atoms with Crippen molar-refractivity contribution in [3.63, 3.8) is 0 Å². The quantitative estimate of drug-likeness (QED) is 0.0900. The van der Waals surface area contributed by atoms with E-state index in [0.29, 0.717) is 29.2 Å². The molecule has 40 heavy (non-hydrogen) atoms. The molecule has 6 heteroatoms. The highest BCUT2D eigenvalue weighted by Crippen LogP contribution is 2.26. The predicted octanol–water partition coefficient (Wildman–Crippen LogP) is 8.93. The highest BCUT2D eigenvalue weighted by molar-refractivity contribution is 7.07. The summed E-state index contributed by atoms with van der Waals surface area (Å²) in [5, 5.41) is 5.10. The highest BCUT2D eigenvalue weighted by Gasteiger charge is 2.19. The molecule has 0 radical (unpaired) electrons. The molecule has 1 amide bonds. The van der Waals surface area contributed by atoms with Crippen LogP contribution in [0.2, 0.25) is 0 Å². The number of ketones is 1. The van der Waals surface area contributed by atoms with E-state index in [0.717, 1.165) is 24.9 Å². The van der Waals surface area contributed by atoms with Crippen molar-refractivity contribution in [2.45, 2.75) is 104 Å². The molecule has 1 aromatic heterocycles. The number of benzene rings is 2. The van der Waals surface area contributed by atoms with Crippen molar-refractivity contribution in [3.05, 3.63) is 75.7 Å². The Kier molecular flexibility index (Phi) is 13.9. The number of para-hydroxylation sites is 1. The Bertz CT molecular complexity index is 1190. The average Bonchev–Trinajstić information content (AvgIpc) is 3.36. The fourth-order valence-electron chi connectivity index (χ4n) is 4.87. The van der Waals surface area contributed by atoms with Crippen LogP contribution in [0.15, 0.2) is 53.4 Å². The summed E-state index contributed by atoms with van der Waals surface area (Å²) < 4.78 is 8.29. The Morgan fingerprint density at radius 2 is 1.43 bits per heavy atom. The van der Waals surface area contributed by atoms with Crippen molar-refractivity contribution < 1.29 is 18.9 Å². The lowest BCUT2D eigenvalue weighted by Crippen LogP contribution is -2.34. The third-order valence-corrected chi connectivity index (χ3v) is 8.18. The van der Waals surface area contributed by atoms with Gasteiger partial charge in [-0.05, 0) is 37.6 Å². The van der Waals surface area contributed by atoms with Crippen molar-refractivity contribution in [2.24, 2.45) is 0 Å². The smallest absolute Gasteiger partial charge is 0.259 e. The zero-order chi connectivity index (χ0) is 28.6. The number of aromatic nitrogens is 1. The zero-order valence-corrected chi connectivity index (χ0v) is 25.5. The molecule has 0 unspecified atom stereocenters. The van der Waals surface area contributed by atoms with E-state index in [1.54, 1.807) is 29.5 Å². The maximum atomic E-state index is 13.2. The van der Waals surface area contributed by atoms with Crippen molar-refractivity contribution >= 4 is 28.7 Å². The molecule has 0 bridgehead atoms. The Morgan fingerprint density at radius 1 is 0.825 bits per heavy atom. The molecule has 0 fully saturated rings. The fraction of sp³-hybridized carbons (Fsp3) is 0.500. The minimum atomic E-state index is -0.274. The summed E-state index contributed by atoms with van der Waals surface area (Å²) in [4.78, 5) is 25.5. The molecule has 1 N–H and O–H groups in total. The van der Waals surface area contributed by atoms with Crippen molar-refractivity contribution in [2.75, 3.05) is 11.9 Å². The standard InChI is InChI=1S/C34H46N2O3S/c1-4-5-6-7-8-9-10-11-12-13-14-15-23-39-33-31(28(3)37)17-16-18-32(33)34(38)35-30-21-19-29(20-22-30)24-36-26-40-25-27(36)2/h16-22,25-26H,4-15,23-24H2,1-3H3/p+1. The highest BCUT2D eigenvalue weighted by atomic mass is 32.1. The van der Waals surface area contributed by atoms with E-state index in [1.807, 2.05) is 24.3 Å². The van der Waals surface area contributed by atoms with E-state index in [2.05, 4.69) is 34.6 Å². The molecular formula is C34H47N2O3S+. The van der Waals surface area contributed by atoms with E-state index >= 15 is 0 Å². The first-order valence-corrected chi connectivity index (χ1v) is 16.0. The third-order valence-electron chi connectivity index (χ3n) is 7.33. The molecule has 0 aliphatic carbocycles. The van der Waals surface area contributed by atoms with Gasteiger partial charge in [0.15, 0.2) is 18.0 Å². The molecule has 3 aromatic rings. The van der Waals surface area contributed by atoms with Crippen molar-refractivity contribution in [1.29, 1.82) is 0 Å². The number of anilines is 1. The van der Waals surface area contributed by atoms with Crippen LogP contribution >= 0.6 is 11.3 Å². The predicted molar refractivity (Wildman–Crippen MR) is 166 cm³/mol. The number of carbonyl (C=O) groups is 2. The average molecular weight is 564 g/mol. The molecule has 0 saturated carbocycles. The van der Waals surface area contributed by atoms with Gasteiger partial charge in [0.1, 0.15) is 5.75 Å². The SMILES string of the molecule is CCCCCCCCCCCCCCOc1c(C(C)=O)cccc1C(=O)Nc1ccc(C[n+]2cscc2C)cc1. The van der Waals surface area contributed by atoms with Crippen molar-refractivity contribution in [3.8, 4) is 5.75 Å². The Labute approximate surface area is 245 Å². The van der Waals surface area contributed by atoms with Gasteiger partial charge in [0.2, 0.25) is 5.51 Å². The summed E-state index contributed by atoms with van der Waals surface area (Å²) in [5.41, 5.74) is 6.04. The number of nitrogens with zero attached hydrogens (tertiary/aromatic N) is 1. The topological polar surface area (TPSA) is 59.3 Å². The van der Waals surface area contributed by atoms with Gasteiger partial charge in [0.05, 0.1) is 23.1 Å². The number of hydrogen-bond acceptors (Lipinski definition) is 4. The molecule has 0 atom stereocenters. The summed E-state index contributed by atoms with van der Waals surface area (Å²) in [6.45, 7) is 7.16. The third kappa shape index (κ3) is 10.5. The van der Waals surface area contributed by atoms with Gasteiger partial charge < -0.3 is 10.1 Å². The van der Waals surface area contributed by atoms with Gasteiger partial charge in [-0.1, -0.05) is 107 Å². The number of ether oxygens (including phenoxy) is 1. The number of amides is 1. The number of nitrogens with one attached hydrogen (secondary N) is 1. The molecule has 0 saturated heterocycles. The Hall–Kier alpha value is -2.99. The molecule has 0 aliphatic rings. The van der Waals surface area contributed by atoms with E-state index in [-0.39, 0.29) is 11.7 Å². The molecule has 0 aliphatic heterocycles. The first kappa shape index (κ1) is 31.5. The largest absolute Gasteiger partial charge is 0.492 e. The molecular weight excluding hydrogens is 516 g/mol. The second-order valence-electron chi connectivity index (χ2n) is 10.8. The molecule has 1 heterocycles. The molecule has 0 spiro atoms. The fourth-order valence-corrected chi connectivity index (χ4v) is 5.65. The van der Waals surface area contributed by atoms with Crippen molar-refractivity contribution in [1.82, 2.24) is 0 Å². The number of carbonyl (C=O) groups excluding carboxylic acids is 2. The number of Topliss-reactive ketones (excluding diaryl/α,β-unsaturated/α-hetero) is 1. The summed E-state index contributed by atoms with van der Waals surface area (Å²) in [5.74, 6) is 0.00467. The summed E-state index contributed by atoms with van der Waals surface area (Å²) >= 11 is 1.68. The van der Waals surface area contributed by atoms with Crippen LogP contribution in [0.25, 0.3) is 0 Å². The first-order valence-electron chi connectivity index (χ1n) is 15.1. The number of rotatable bonds is 19. The van der Waals surface area contributed by atoms with Crippen LogP contribution in [0, 0.1) is 6.92 Å². The number of aryl methyl sites for hydroxylation is 1. The van der Waals surface area contributed by atoms with E-state index in [4.69, 9.17) is 4.74 Å². The maximum absolute atomic E-state index is 13.2. The van der Waals surface area contributed by atoms with Crippen LogP contribution in [0.1, 0.15) is 123 Å². The van der Waals surface area contributed by atoms with Crippen LogP contribution < -0.4 is 14.6 Å². The maximum Gasteiger partial charge on any atom is 0.259 e. The second-order valence-corrected chi connectivity index (χ2v) is 11.5. The van der Waals surface area contributed by atoms with Gasteiger partial charge in [0.25, 0.3) is 5.91 Å². The molecule has 3 rings (SSSR count). The molecule has 2 aromatic carbocycles. The Morgan fingerprint density at radius 3 is 2.00 bits per heavy atom. The summed E-state index contributed by atoms with van der Waals surface area (Å²) in [6, 6.07) is 13.1. The van der Waals surface area contributed by atoms with Crippen LogP contribution in [0.4, 0.5) is 5.69 Å². The van der Waals surface area contributed by atoms with Gasteiger partial charge >= 0.3 is 0 Å². The minimum Gasteiger partial charge on any atom is -0.492 e. The van der Waals surface area contributed by atoms with Gasteiger partial charge in [-0.3, -0.25) is 9.59 Å². The summed E-state index contributed by atoms with van der Waals surface area (Å²) in [6.07, 6.45) is 15.3. The lowest BCUT2D eigenvalue weighted by Gasteiger charge is -2.15. The van der Waals surface area contributed by atoms with E-state index < -0.39 is 0 Å². The van der Waals surface area contributed by atoms with Crippen LogP contribution in [0.5, 0.6) is 5.75 Å². The van der Waals surface area contributed by atoms with Crippen LogP contribution in [-0.2, 0) is 6.54 Å². The van der Waals surface area contributed by atoms with Gasteiger partial charge in [-0.2, -0.15) is 4.57 Å². The van der Waals surface area contributed by atoms with Gasteiger partial charge in [-0.25, -0.2) is 0 Å². The van der Waals surface area contributed by atoms with Crippen LogP contribution in [-0.4, -0.2) is 18.3 Å². The van der Waals surface area contributed by atoms with Gasteiger partial charge in [-0.15, -0.1) is 0 Å². The lowest BCUT2D eigenvalue weighted by molar-refractivity contribution is -0.689. The number of hydrogen-bond donors (Lipinski definition) is 1. The zero-order valence-electron chi connectivity index (χ0n) is 24.7. The molecule has 5 nitrogen and oxygen atoms in total. The van der Waals surface area contributed by atoms with E-state index in [9.17, 15) is 9.59 Å². The summed E-state index contributed by atoms with van der Waals surface area (Å²) in [7, 11) is 0. The second kappa shape index (κ2) is 17.6. The van der Waals surface area contributed by atoms with Gasteiger partial charge in [0, 0.05) is 18.2 Å². The monoisotopic (exact) mass is 563 g/mol. The molecule has 216 valence electrons. The lowest BCUT2D eigenvalue weighted by atomic mass is 10.0.